The van der Waals surface area contributed by atoms with Crippen molar-refractivity contribution in [2.24, 2.45) is 11.7 Å². The molecule has 0 fully saturated rings. The Hall–Kier alpha value is -0.910. The van der Waals surface area contributed by atoms with Gasteiger partial charge in [0.25, 0.3) is 0 Å². The van der Waals surface area contributed by atoms with Gasteiger partial charge in [0.05, 0.1) is 5.75 Å². The van der Waals surface area contributed by atoms with E-state index in [9.17, 15) is 8.42 Å². The van der Waals surface area contributed by atoms with Crippen molar-refractivity contribution in [1.82, 2.24) is 4.72 Å². The quantitative estimate of drug-likeness (QED) is 0.760. The molecular weight excluding hydrogens is 260 g/mol. The minimum atomic E-state index is -3.24. The van der Waals surface area contributed by atoms with E-state index in [0.717, 1.165) is 12.0 Å². The van der Waals surface area contributed by atoms with Crippen LogP contribution in [0.15, 0.2) is 30.3 Å². The van der Waals surface area contributed by atoms with Gasteiger partial charge in [-0.05, 0) is 24.3 Å². The van der Waals surface area contributed by atoms with Crippen molar-refractivity contribution in [3.63, 3.8) is 0 Å². The Morgan fingerprint density at radius 3 is 2.42 bits per heavy atom. The third-order valence-electron chi connectivity index (χ3n) is 2.84. The van der Waals surface area contributed by atoms with E-state index in [2.05, 4.69) is 18.6 Å². The van der Waals surface area contributed by atoms with Crippen LogP contribution in [0.2, 0.25) is 0 Å². The van der Waals surface area contributed by atoms with Crippen LogP contribution in [0, 0.1) is 5.92 Å². The summed E-state index contributed by atoms with van der Waals surface area (Å²) in [6.45, 7) is 4.46. The minimum Gasteiger partial charge on any atom is -0.327 e. The van der Waals surface area contributed by atoms with Crippen LogP contribution in [0.3, 0.4) is 0 Å². The van der Waals surface area contributed by atoms with E-state index in [1.54, 1.807) is 0 Å². The molecule has 0 bridgehead atoms. The highest BCUT2D eigenvalue weighted by molar-refractivity contribution is 7.89. The highest BCUT2D eigenvalue weighted by atomic mass is 32.2. The Morgan fingerprint density at radius 1 is 1.21 bits per heavy atom. The number of benzene rings is 1. The molecule has 0 saturated carbocycles. The molecular formula is C14H24N2O2S. The maximum absolute atomic E-state index is 11.8. The molecule has 1 aromatic rings. The van der Waals surface area contributed by atoms with E-state index < -0.39 is 10.0 Å². The standard InChI is InChI=1S/C14H24N2O2S/c1-12(2)10-14(15)11-16-19(17,18)9-8-13-6-4-3-5-7-13/h3-7,12,14,16H,8-11,15H2,1-2H3. The second kappa shape index (κ2) is 7.62. The third-order valence-corrected chi connectivity index (χ3v) is 4.19. The van der Waals surface area contributed by atoms with Crippen LogP contribution in [0.25, 0.3) is 0 Å². The van der Waals surface area contributed by atoms with Crippen LogP contribution in [-0.4, -0.2) is 26.8 Å². The van der Waals surface area contributed by atoms with Gasteiger partial charge in [-0.3, -0.25) is 0 Å². The number of aryl methyl sites for hydroxylation is 1. The molecule has 0 spiro atoms. The highest BCUT2D eigenvalue weighted by Gasteiger charge is 2.13. The fraction of sp³-hybridized carbons (Fsp3) is 0.571. The summed E-state index contributed by atoms with van der Waals surface area (Å²) in [5, 5.41) is 0. The number of nitrogens with two attached hydrogens (primary N) is 1. The van der Waals surface area contributed by atoms with Crippen LogP contribution < -0.4 is 10.5 Å². The predicted octanol–water partition coefficient (Wildman–Crippen LogP) is 1.52. The van der Waals surface area contributed by atoms with Gasteiger partial charge in [-0.2, -0.15) is 0 Å². The molecule has 1 rings (SSSR count). The first-order valence-electron chi connectivity index (χ1n) is 6.66. The Labute approximate surface area is 116 Å². The van der Waals surface area contributed by atoms with Crippen molar-refractivity contribution >= 4 is 10.0 Å². The fourth-order valence-electron chi connectivity index (χ4n) is 1.89. The summed E-state index contributed by atoms with van der Waals surface area (Å²) in [5.74, 6) is 0.578. The summed E-state index contributed by atoms with van der Waals surface area (Å²) in [6.07, 6.45) is 1.34. The smallest absolute Gasteiger partial charge is 0.211 e. The topological polar surface area (TPSA) is 72.2 Å². The number of hydrogen-bond acceptors (Lipinski definition) is 3. The second-order valence-electron chi connectivity index (χ2n) is 5.29. The lowest BCUT2D eigenvalue weighted by Crippen LogP contribution is -2.39. The van der Waals surface area contributed by atoms with E-state index in [0.29, 0.717) is 18.9 Å². The average Bonchev–Trinajstić information content (AvgIpc) is 2.35. The van der Waals surface area contributed by atoms with Crippen LogP contribution in [0.1, 0.15) is 25.8 Å². The van der Waals surface area contributed by atoms with Gasteiger partial charge in [0.15, 0.2) is 0 Å². The van der Waals surface area contributed by atoms with Crippen molar-refractivity contribution in [1.29, 1.82) is 0 Å². The van der Waals surface area contributed by atoms with Gasteiger partial charge in [0.1, 0.15) is 0 Å². The normalized spacial score (nSPS) is 13.7. The predicted molar refractivity (Wildman–Crippen MR) is 79.4 cm³/mol. The Kier molecular flexibility index (Phi) is 6.48. The van der Waals surface area contributed by atoms with Gasteiger partial charge in [0, 0.05) is 12.6 Å². The van der Waals surface area contributed by atoms with Crippen LogP contribution >= 0.6 is 0 Å². The second-order valence-corrected chi connectivity index (χ2v) is 7.22. The molecule has 0 saturated heterocycles. The van der Waals surface area contributed by atoms with Gasteiger partial charge < -0.3 is 5.73 Å². The third kappa shape index (κ3) is 7.30. The van der Waals surface area contributed by atoms with E-state index in [1.165, 1.54) is 0 Å². The molecule has 19 heavy (non-hydrogen) atoms. The monoisotopic (exact) mass is 284 g/mol. The zero-order valence-electron chi connectivity index (χ0n) is 11.7. The van der Waals surface area contributed by atoms with E-state index in [1.807, 2.05) is 30.3 Å². The summed E-state index contributed by atoms with van der Waals surface area (Å²) in [6, 6.07) is 9.48. The molecule has 4 nitrogen and oxygen atoms in total. The number of rotatable bonds is 8. The summed E-state index contributed by atoms with van der Waals surface area (Å²) in [7, 11) is -3.24. The Bertz CT molecular complexity index is 458. The molecule has 0 amide bonds. The first-order valence-corrected chi connectivity index (χ1v) is 8.31. The maximum Gasteiger partial charge on any atom is 0.211 e. The molecule has 1 atom stereocenters. The summed E-state index contributed by atoms with van der Waals surface area (Å²) in [4.78, 5) is 0. The Morgan fingerprint density at radius 2 is 1.84 bits per heavy atom. The van der Waals surface area contributed by atoms with Crippen molar-refractivity contribution in [2.45, 2.75) is 32.7 Å². The lowest BCUT2D eigenvalue weighted by atomic mass is 10.1. The molecule has 0 radical (unpaired) electrons. The molecule has 108 valence electrons. The summed E-state index contributed by atoms with van der Waals surface area (Å²) >= 11 is 0. The molecule has 1 unspecified atom stereocenters. The molecule has 1 aromatic carbocycles. The number of sulfonamides is 1. The van der Waals surface area contributed by atoms with Crippen LogP contribution in [0.4, 0.5) is 0 Å². The molecule has 0 aliphatic heterocycles. The maximum atomic E-state index is 11.8. The van der Waals surface area contributed by atoms with Crippen molar-refractivity contribution < 1.29 is 8.42 Å². The fourth-order valence-corrected chi connectivity index (χ4v) is 3.01. The first-order chi connectivity index (χ1) is 8.89. The van der Waals surface area contributed by atoms with E-state index in [4.69, 9.17) is 5.73 Å². The largest absolute Gasteiger partial charge is 0.327 e. The first kappa shape index (κ1) is 16.1. The lowest BCUT2D eigenvalue weighted by molar-refractivity contribution is 0.486. The zero-order valence-corrected chi connectivity index (χ0v) is 12.5. The van der Waals surface area contributed by atoms with Gasteiger partial charge in [0.2, 0.25) is 10.0 Å². The minimum absolute atomic E-state index is 0.103. The Balaban J connectivity index is 2.36. The van der Waals surface area contributed by atoms with Gasteiger partial charge in [-0.25, -0.2) is 13.1 Å². The molecule has 0 heterocycles. The van der Waals surface area contributed by atoms with E-state index in [-0.39, 0.29) is 11.8 Å². The van der Waals surface area contributed by atoms with Gasteiger partial charge in [-0.15, -0.1) is 0 Å². The number of nitrogens with one attached hydrogen (secondary N) is 1. The van der Waals surface area contributed by atoms with Crippen LogP contribution in [-0.2, 0) is 16.4 Å². The molecule has 0 aliphatic rings. The molecule has 0 aliphatic carbocycles. The highest BCUT2D eigenvalue weighted by Crippen LogP contribution is 2.03. The molecule has 5 heteroatoms. The zero-order chi connectivity index (χ0) is 14.3. The molecule has 3 N–H and O–H groups in total. The van der Waals surface area contributed by atoms with Gasteiger partial charge >= 0.3 is 0 Å². The van der Waals surface area contributed by atoms with Crippen LogP contribution in [0.5, 0.6) is 0 Å². The van der Waals surface area contributed by atoms with Gasteiger partial charge in [-0.1, -0.05) is 44.2 Å². The van der Waals surface area contributed by atoms with Crippen molar-refractivity contribution in [2.75, 3.05) is 12.3 Å². The number of hydrogen-bond donors (Lipinski definition) is 2. The summed E-state index contributed by atoms with van der Waals surface area (Å²) < 4.78 is 26.2. The van der Waals surface area contributed by atoms with Crippen molar-refractivity contribution in [3.05, 3.63) is 35.9 Å². The average molecular weight is 284 g/mol. The lowest BCUT2D eigenvalue weighted by Gasteiger charge is -2.15. The van der Waals surface area contributed by atoms with Crippen molar-refractivity contribution in [3.8, 4) is 0 Å². The van der Waals surface area contributed by atoms with E-state index >= 15 is 0 Å². The molecule has 0 aromatic heterocycles. The summed E-state index contributed by atoms with van der Waals surface area (Å²) in [5.41, 5.74) is 6.89. The SMILES string of the molecule is CC(C)CC(N)CNS(=O)(=O)CCc1ccccc1.